The van der Waals surface area contributed by atoms with Crippen molar-refractivity contribution in [2.45, 2.75) is 0 Å². The van der Waals surface area contributed by atoms with Crippen LogP contribution in [0.5, 0.6) is 0 Å². The minimum absolute atomic E-state index is 0.0880. The second kappa shape index (κ2) is 7.81. The van der Waals surface area contributed by atoms with Gasteiger partial charge in [0.15, 0.2) is 0 Å². The molecule has 0 N–H and O–H groups in total. The van der Waals surface area contributed by atoms with Gasteiger partial charge in [-0.15, -0.1) is 0 Å². The van der Waals surface area contributed by atoms with Crippen molar-refractivity contribution in [3.63, 3.8) is 0 Å². The van der Waals surface area contributed by atoms with E-state index in [1.54, 1.807) is 4.57 Å². The molecule has 2 heteroatoms. The number of para-hydroxylation sites is 1. The van der Waals surface area contributed by atoms with Gasteiger partial charge in [0.05, 0.1) is 20.6 Å². The highest BCUT2D eigenvalue weighted by Gasteiger charge is 2.12. The van der Waals surface area contributed by atoms with E-state index in [2.05, 4.69) is 40.2 Å². The summed E-state index contributed by atoms with van der Waals surface area (Å²) in [5.41, 5.74) is 5.16. The molecular weight excluding hydrogens is 454 g/mol. The maximum Gasteiger partial charge on any atom is 0.0646 e. The van der Waals surface area contributed by atoms with Crippen molar-refractivity contribution in [3.05, 3.63) is 126 Å². The lowest BCUT2D eigenvalue weighted by Crippen LogP contribution is -1.93. The fourth-order valence-electron chi connectivity index (χ4n) is 4.04. The Morgan fingerprint density at radius 3 is 1.81 bits per heavy atom. The van der Waals surface area contributed by atoms with Crippen LogP contribution in [0.2, 0.25) is 0 Å². The highest BCUT2D eigenvalue weighted by Crippen LogP contribution is 2.34. The first-order chi connectivity index (χ1) is 18.7. The Morgan fingerprint density at radius 2 is 1.12 bits per heavy atom. The molecule has 1 nitrogen and oxygen atoms in total. The molecule has 0 aliphatic carbocycles. The Hall–Kier alpha value is -3.62. The quantitative estimate of drug-likeness (QED) is 0.238. The van der Waals surface area contributed by atoms with Gasteiger partial charge in [-0.3, -0.25) is 0 Å². The van der Waals surface area contributed by atoms with Gasteiger partial charge >= 0.3 is 0 Å². The van der Waals surface area contributed by atoms with E-state index >= 15 is 0 Å². The molecule has 0 atom stereocenters. The molecule has 0 saturated carbocycles. The Balaban J connectivity index is 1.56. The molecule has 152 valence electrons. The van der Waals surface area contributed by atoms with E-state index in [4.69, 9.17) is 9.60 Å². The first-order valence-corrected chi connectivity index (χ1v) is 11.0. The zero-order chi connectivity index (χ0) is 27.6. The molecule has 0 saturated heterocycles. The predicted octanol–water partition coefficient (Wildman–Crippen LogP) is 8.88. The lowest BCUT2D eigenvalue weighted by atomic mass is 10.0. The molecule has 0 aliphatic rings. The summed E-state index contributed by atoms with van der Waals surface area (Å²) in [7, 11) is 0. The molecule has 32 heavy (non-hydrogen) atoms. The van der Waals surface area contributed by atoms with E-state index < -0.39 is 12.1 Å². The van der Waals surface area contributed by atoms with Gasteiger partial charge in [0.2, 0.25) is 0 Å². The number of fused-ring (bicyclic) bond motifs is 3. The molecule has 0 aliphatic heterocycles. The van der Waals surface area contributed by atoms with Gasteiger partial charge < -0.3 is 4.57 Å². The average molecular weight is 481 g/mol. The monoisotopic (exact) mass is 480 g/mol. The Labute approximate surface area is 205 Å². The van der Waals surface area contributed by atoms with Crippen molar-refractivity contribution < 1.29 is 9.60 Å². The fourth-order valence-corrected chi connectivity index (χ4v) is 4.34. The van der Waals surface area contributed by atoms with E-state index in [1.165, 1.54) is 0 Å². The maximum absolute atomic E-state index is 8.73. The predicted molar refractivity (Wildman–Crippen MR) is 139 cm³/mol. The van der Waals surface area contributed by atoms with Crippen LogP contribution in [-0.4, -0.2) is 4.57 Å². The van der Waals surface area contributed by atoms with Crippen LogP contribution in [0.25, 0.3) is 49.7 Å². The van der Waals surface area contributed by atoms with Gasteiger partial charge in [-0.25, -0.2) is 0 Å². The Bertz CT molecular complexity index is 1840. The first kappa shape index (κ1) is 13.0. The standard InChI is InChI=1S/C30H20BrN/c31-25-16-19-30-28(20-25)27-8-4-5-9-29(27)32(30)26-17-14-24(15-18-26)23-12-10-22(11-13-23)21-6-2-1-3-7-21/h1-20H/i4D,5D,8D,9D,16D,19D,20D. The van der Waals surface area contributed by atoms with Crippen LogP contribution in [0.4, 0.5) is 0 Å². The number of hydrogen-bond donors (Lipinski definition) is 0. The third-order valence-corrected chi connectivity index (χ3v) is 5.97. The highest BCUT2D eigenvalue weighted by molar-refractivity contribution is 9.10. The second-order valence-electron chi connectivity index (χ2n) is 7.46. The van der Waals surface area contributed by atoms with Crippen molar-refractivity contribution in [3.8, 4) is 27.9 Å². The summed E-state index contributed by atoms with van der Waals surface area (Å²) in [5, 5.41) is 0.376. The van der Waals surface area contributed by atoms with Crippen LogP contribution < -0.4 is 0 Å². The summed E-state index contributed by atoms with van der Waals surface area (Å²) in [4.78, 5) is 0. The van der Waals surface area contributed by atoms with Crippen molar-refractivity contribution >= 4 is 37.7 Å². The molecule has 6 rings (SSSR count). The minimum atomic E-state index is -0.405. The number of nitrogens with zero attached hydrogens (tertiary/aromatic N) is 1. The summed E-state index contributed by atoms with van der Waals surface area (Å²) in [6.45, 7) is 0. The molecule has 0 amide bonds. The van der Waals surface area contributed by atoms with Crippen LogP contribution in [0, 0.1) is 0 Å². The molecule has 6 aromatic rings. The van der Waals surface area contributed by atoms with Crippen molar-refractivity contribution in [1.82, 2.24) is 4.57 Å². The van der Waals surface area contributed by atoms with Crippen LogP contribution in [0.3, 0.4) is 0 Å². The fraction of sp³-hybridized carbons (Fsp3) is 0. The smallest absolute Gasteiger partial charge is 0.0646 e. The topological polar surface area (TPSA) is 4.93 Å². The van der Waals surface area contributed by atoms with Gasteiger partial charge in [0.25, 0.3) is 0 Å². The van der Waals surface area contributed by atoms with Crippen LogP contribution >= 0.6 is 15.9 Å². The maximum atomic E-state index is 8.73. The lowest BCUT2D eigenvalue weighted by molar-refractivity contribution is 1.18. The normalized spacial score (nSPS) is 14.3. The van der Waals surface area contributed by atoms with Gasteiger partial charge in [0.1, 0.15) is 0 Å². The van der Waals surface area contributed by atoms with E-state index in [0.717, 1.165) is 22.3 Å². The summed E-state index contributed by atoms with van der Waals surface area (Å²) in [6.07, 6.45) is 0. The van der Waals surface area contributed by atoms with Crippen LogP contribution in [0.1, 0.15) is 9.60 Å². The number of halogens is 1. The molecule has 5 aromatic carbocycles. The Kier molecular flexibility index (Phi) is 3.19. The number of benzene rings is 5. The molecule has 0 unspecified atom stereocenters. The largest absolute Gasteiger partial charge is 0.309 e. The summed E-state index contributed by atoms with van der Waals surface area (Å²) >= 11 is 3.24. The van der Waals surface area contributed by atoms with Crippen LogP contribution in [0.15, 0.2) is 126 Å². The average Bonchev–Trinajstić information content (AvgIpc) is 3.34. The van der Waals surface area contributed by atoms with Gasteiger partial charge in [-0.05, 0) is 58.6 Å². The molecular formula is C30H20BrN. The van der Waals surface area contributed by atoms with Crippen LogP contribution in [-0.2, 0) is 0 Å². The van der Waals surface area contributed by atoms with E-state index in [1.807, 2.05) is 54.6 Å². The van der Waals surface area contributed by atoms with E-state index in [0.29, 0.717) is 5.69 Å². The minimum Gasteiger partial charge on any atom is -0.309 e. The third-order valence-electron chi connectivity index (χ3n) is 5.58. The summed E-state index contributed by atoms with van der Waals surface area (Å²) in [6, 6.07) is 24.1. The number of hydrogen-bond acceptors (Lipinski definition) is 0. The highest BCUT2D eigenvalue weighted by atomic mass is 79.9. The van der Waals surface area contributed by atoms with E-state index in [9.17, 15) is 0 Å². The number of aromatic nitrogens is 1. The SMILES string of the molecule is [2H]c1c([2H])c([2H])c2c(c1[2H])c1c([2H])c(Br)c([2H])c([2H])c1n2-c1ccc(-c2ccc(-c3ccccc3)cc2)cc1. The lowest BCUT2D eigenvalue weighted by Gasteiger charge is -2.10. The van der Waals surface area contributed by atoms with Crippen molar-refractivity contribution in [2.75, 3.05) is 0 Å². The Morgan fingerprint density at radius 1 is 0.562 bits per heavy atom. The van der Waals surface area contributed by atoms with E-state index in [-0.39, 0.29) is 56.5 Å². The van der Waals surface area contributed by atoms with Crippen molar-refractivity contribution in [2.24, 2.45) is 0 Å². The number of rotatable bonds is 3. The third kappa shape index (κ3) is 3.24. The van der Waals surface area contributed by atoms with Gasteiger partial charge in [-0.1, -0.05) is 101 Å². The zero-order valence-electron chi connectivity index (χ0n) is 23.8. The zero-order valence-corrected chi connectivity index (χ0v) is 18.4. The summed E-state index contributed by atoms with van der Waals surface area (Å²) in [5.74, 6) is 0. The molecule has 0 fully saturated rings. The van der Waals surface area contributed by atoms with Gasteiger partial charge in [-0.2, -0.15) is 0 Å². The second-order valence-corrected chi connectivity index (χ2v) is 8.25. The molecule has 1 heterocycles. The molecule has 0 spiro atoms. The van der Waals surface area contributed by atoms with Gasteiger partial charge in [0, 0.05) is 20.9 Å². The van der Waals surface area contributed by atoms with Crippen molar-refractivity contribution in [1.29, 1.82) is 0 Å². The summed E-state index contributed by atoms with van der Waals surface area (Å²) < 4.78 is 61.2. The molecule has 0 radical (unpaired) electrons. The molecule has 1 aromatic heterocycles. The molecule has 0 bridgehead atoms. The first-order valence-electron chi connectivity index (χ1n) is 13.7.